The van der Waals surface area contributed by atoms with Crippen molar-refractivity contribution in [1.29, 1.82) is 5.26 Å². The van der Waals surface area contributed by atoms with Crippen molar-refractivity contribution >= 4 is 29.3 Å². The van der Waals surface area contributed by atoms with Crippen LogP contribution in [0, 0.1) is 11.3 Å². The molecule has 2 heterocycles. The predicted molar refractivity (Wildman–Crippen MR) is 129 cm³/mol. The lowest BCUT2D eigenvalue weighted by molar-refractivity contribution is -0.115. The van der Waals surface area contributed by atoms with E-state index in [2.05, 4.69) is 26.5 Å². The van der Waals surface area contributed by atoms with Crippen LogP contribution in [0.3, 0.4) is 0 Å². The zero-order valence-electron chi connectivity index (χ0n) is 18.7. The molecule has 1 amide bonds. The standard InChI is InChI=1S/C24H26N6O2S/c1-17(22(31)26-19-10-8-9-18(15-19)16-25)33-24-28-27-23(29-13-6-3-7-14-29)30(24)20-11-4-5-12-21(20)32-2/h4-5,8-12,15,17H,3,6-7,13-14H2,1-2H3,(H,26,31)/t17-/m0/s1. The maximum atomic E-state index is 12.9. The summed E-state index contributed by atoms with van der Waals surface area (Å²) in [6.07, 6.45) is 3.44. The number of nitrogens with one attached hydrogen (secondary N) is 1. The summed E-state index contributed by atoms with van der Waals surface area (Å²) in [5, 5.41) is 21.1. The van der Waals surface area contributed by atoms with Gasteiger partial charge in [0.05, 0.1) is 29.7 Å². The molecule has 33 heavy (non-hydrogen) atoms. The number of aromatic nitrogens is 3. The molecule has 0 saturated carbocycles. The van der Waals surface area contributed by atoms with Crippen LogP contribution in [0.1, 0.15) is 31.7 Å². The number of amides is 1. The molecule has 1 aliphatic rings. The van der Waals surface area contributed by atoms with Crippen molar-refractivity contribution in [2.75, 3.05) is 30.4 Å². The van der Waals surface area contributed by atoms with E-state index >= 15 is 0 Å². The van der Waals surface area contributed by atoms with Crippen molar-refractivity contribution < 1.29 is 9.53 Å². The Labute approximate surface area is 197 Å². The van der Waals surface area contributed by atoms with Crippen molar-refractivity contribution in [3.05, 3.63) is 54.1 Å². The van der Waals surface area contributed by atoms with Gasteiger partial charge in [0.2, 0.25) is 11.9 Å². The van der Waals surface area contributed by atoms with Gasteiger partial charge in [-0.3, -0.25) is 9.36 Å². The zero-order chi connectivity index (χ0) is 23.2. The molecule has 0 spiro atoms. The lowest BCUT2D eigenvalue weighted by Gasteiger charge is -2.28. The van der Waals surface area contributed by atoms with E-state index in [1.807, 2.05) is 35.8 Å². The topological polar surface area (TPSA) is 96.1 Å². The van der Waals surface area contributed by atoms with E-state index < -0.39 is 5.25 Å². The second-order valence-electron chi connectivity index (χ2n) is 7.78. The number of carbonyl (C=O) groups is 1. The zero-order valence-corrected chi connectivity index (χ0v) is 19.5. The fourth-order valence-corrected chi connectivity index (χ4v) is 4.64. The number of anilines is 2. The largest absolute Gasteiger partial charge is 0.495 e. The molecule has 1 fully saturated rings. The smallest absolute Gasteiger partial charge is 0.237 e. The van der Waals surface area contributed by atoms with Crippen LogP contribution < -0.4 is 15.0 Å². The summed E-state index contributed by atoms with van der Waals surface area (Å²) in [7, 11) is 1.64. The van der Waals surface area contributed by atoms with E-state index in [1.165, 1.54) is 18.2 Å². The first kappa shape index (κ1) is 22.7. The number of nitrogens with zero attached hydrogens (tertiary/aromatic N) is 5. The third kappa shape index (κ3) is 5.12. The highest BCUT2D eigenvalue weighted by Crippen LogP contribution is 2.34. The first-order valence-electron chi connectivity index (χ1n) is 10.9. The highest BCUT2D eigenvalue weighted by Gasteiger charge is 2.26. The van der Waals surface area contributed by atoms with Gasteiger partial charge in [-0.2, -0.15) is 5.26 Å². The third-order valence-electron chi connectivity index (χ3n) is 5.49. The first-order valence-corrected chi connectivity index (χ1v) is 11.8. The highest BCUT2D eigenvalue weighted by molar-refractivity contribution is 8.00. The van der Waals surface area contributed by atoms with Crippen LogP contribution in [0.2, 0.25) is 0 Å². The van der Waals surface area contributed by atoms with E-state index in [-0.39, 0.29) is 5.91 Å². The molecule has 1 aromatic heterocycles. The molecule has 2 aromatic carbocycles. The molecule has 0 unspecified atom stereocenters. The third-order valence-corrected chi connectivity index (χ3v) is 6.53. The van der Waals surface area contributed by atoms with Gasteiger partial charge in [-0.25, -0.2) is 0 Å². The number of hydrogen-bond acceptors (Lipinski definition) is 7. The average molecular weight is 463 g/mol. The van der Waals surface area contributed by atoms with Crippen LogP contribution in [0.4, 0.5) is 11.6 Å². The number of methoxy groups -OCH3 is 1. The van der Waals surface area contributed by atoms with Crippen molar-refractivity contribution in [2.24, 2.45) is 0 Å². The lowest BCUT2D eigenvalue weighted by atomic mass is 10.1. The number of piperidine rings is 1. The molecule has 1 atom stereocenters. The molecule has 0 aliphatic carbocycles. The number of benzene rings is 2. The molecular formula is C24H26N6O2S. The molecule has 170 valence electrons. The minimum atomic E-state index is -0.442. The molecule has 3 aromatic rings. The Balaban J connectivity index is 1.62. The van der Waals surface area contributed by atoms with E-state index in [4.69, 9.17) is 10.00 Å². The molecule has 1 saturated heterocycles. The van der Waals surface area contributed by atoms with E-state index in [9.17, 15) is 4.79 Å². The monoisotopic (exact) mass is 462 g/mol. The van der Waals surface area contributed by atoms with Crippen LogP contribution >= 0.6 is 11.8 Å². The number of para-hydroxylation sites is 2. The minimum Gasteiger partial charge on any atom is -0.495 e. The molecule has 1 N–H and O–H groups in total. The summed E-state index contributed by atoms with van der Waals surface area (Å²) in [5.74, 6) is 1.29. The van der Waals surface area contributed by atoms with Gasteiger partial charge >= 0.3 is 0 Å². The normalized spacial score (nSPS) is 14.4. The molecule has 1 aliphatic heterocycles. The van der Waals surface area contributed by atoms with Gasteiger partial charge in [0.1, 0.15) is 5.75 Å². The Bertz CT molecular complexity index is 1170. The number of hydrogen-bond donors (Lipinski definition) is 1. The van der Waals surface area contributed by atoms with E-state index in [1.54, 1.807) is 31.4 Å². The van der Waals surface area contributed by atoms with Crippen LogP contribution in [-0.2, 0) is 4.79 Å². The maximum Gasteiger partial charge on any atom is 0.237 e. The predicted octanol–water partition coefficient (Wildman–Crippen LogP) is 4.26. The summed E-state index contributed by atoms with van der Waals surface area (Å²) in [6.45, 7) is 3.67. The second kappa shape index (κ2) is 10.4. The summed E-state index contributed by atoms with van der Waals surface area (Å²) < 4.78 is 7.59. The van der Waals surface area contributed by atoms with Gasteiger partial charge in [-0.05, 0) is 56.5 Å². The van der Waals surface area contributed by atoms with Gasteiger partial charge < -0.3 is 15.0 Å². The molecular weight excluding hydrogens is 436 g/mol. The molecule has 0 bridgehead atoms. The number of carbonyl (C=O) groups excluding carboxylic acids is 1. The van der Waals surface area contributed by atoms with Crippen LogP contribution in [-0.4, -0.2) is 46.1 Å². The second-order valence-corrected chi connectivity index (χ2v) is 9.09. The molecule has 4 rings (SSSR count). The van der Waals surface area contributed by atoms with Crippen LogP contribution in [0.15, 0.2) is 53.7 Å². The molecule has 8 nitrogen and oxygen atoms in total. The Morgan fingerprint density at radius 2 is 1.94 bits per heavy atom. The first-order chi connectivity index (χ1) is 16.1. The van der Waals surface area contributed by atoms with E-state index in [0.717, 1.165) is 37.6 Å². The molecule has 9 heteroatoms. The Morgan fingerprint density at radius 1 is 1.15 bits per heavy atom. The van der Waals surface area contributed by atoms with Crippen LogP contribution in [0.25, 0.3) is 5.69 Å². The molecule has 0 radical (unpaired) electrons. The number of nitriles is 1. The highest BCUT2D eigenvalue weighted by atomic mass is 32.2. The van der Waals surface area contributed by atoms with Crippen molar-refractivity contribution in [3.63, 3.8) is 0 Å². The Hall–Kier alpha value is -3.51. The van der Waals surface area contributed by atoms with Crippen LogP contribution in [0.5, 0.6) is 5.75 Å². The van der Waals surface area contributed by atoms with Gasteiger partial charge in [0.25, 0.3) is 0 Å². The van der Waals surface area contributed by atoms with Crippen molar-refractivity contribution in [3.8, 4) is 17.5 Å². The van der Waals surface area contributed by atoms with Gasteiger partial charge in [-0.1, -0.05) is 30.0 Å². The SMILES string of the molecule is COc1ccccc1-n1c(S[C@@H](C)C(=O)Nc2cccc(C#N)c2)nnc1N1CCCCC1. The number of thioether (sulfide) groups is 1. The number of rotatable bonds is 7. The summed E-state index contributed by atoms with van der Waals surface area (Å²) in [5.41, 5.74) is 1.92. The summed E-state index contributed by atoms with van der Waals surface area (Å²) in [6, 6.07) is 16.7. The van der Waals surface area contributed by atoms with Gasteiger partial charge in [-0.15, -0.1) is 10.2 Å². The lowest BCUT2D eigenvalue weighted by Crippen LogP contribution is -2.32. The number of ether oxygens (including phenoxy) is 1. The van der Waals surface area contributed by atoms with Crippen molar-refractivity contribution in [2.45, 2.75) is 36.6 Å². The minimum absolute atomic E-state index is 0.177. The quantitative estimate of drug-likeness (QED) is 0.524. The Morgan fingerprint density at radius 3 is 2.70 bits per heavy atom. The summed E-state index contributed by atoms with van der Waals surface area (Å²) >= 11 is 1.34. The summed E-state index contributed by atoms with van der Waals surface area (Å²) in [4.78, 5) is 15.1. The van der Waals surface area contributed by atoms with Gasteiger partial charge in [0.15, 0.2) is 5.16 Å². The fraction of sp³-hybridized carbons (Fsp3) is 0.333. The average Bonchev–Trinajstić information content (AvgIpc) is 3.27. The van der Waals surface area contributed by atoms with E-state index in [0.29, 0.717) is 22.2 Å². The van der Waals surface area contributed by atoms with Gasteiger partial charge in [0, 0.05) is 18.8 Å². The fourth-order valence-electron chi connectivity index (χ4n) is 3.78. The Kier molecular flexibility index (Phi) is 7.15. The van der Waals surface area contributed by atoms with Crippen molar-refractivity contribution in [1.82, 2.24) is 14.8 Å². The maximum absolute atomic E-state index is 12.9.